The van der Waals surface area contributed by atoms with E-state index in [1.54, 1.807) is 26.2 Å². The Hall–Kier alpha value is -3.00. The molecule has 3 atom stereocenters. The number of pyridine rings is 1. The van der Waals surface area contributed by atoms with Crippen LogP contribution in [0.15, 0.2) is 36.5 Å². The van der Waals surface area contributed by atoms with Gasteiger partial charge in [-0.1, -0.05) is 19.3 Å². The number of rotatable bonds is 7. The van der Waals surface area contributed by atoms with Gasteiger partial charge in [-0.05, 0) is 93.5 Å². The zero-order valence-corrected chi connectivity index (χ0v) is 21.9. The monoisotopic (exact) mass is 507 g/mol. The van der Waals surface area contributed by atoms with Gasteiger partial charge in [-0.15, -0.1) is 0 Å². The lowest BCUT2D eigenvalue weighted by molar-refractivity contribution is -0.147. The lowest BCUT2D eigenvalue weighted by Crippen LogP contribution is -2.63. The lowest BCUT2D eigenvalue weighted by atomic mass is 9.69. The minimum absolute atomic E-state index is 0.0189. The number of nitrogens with two attached hydrogens (primary N) is 1. The van der Waals surface area contributed by atoms with Crippen LogP contribution in [0.25, 0.3) is 0 Å². The standard InChI is InChI=1S/C29H38FN5O2/c1-29(32-2,28(31)37)26(19-7-4-3-5-8-19)27(36)35-15-6-9-23(35)20-12-14-33-25(18-20)34-16-13-21-17-22(30)10-11-24(21)34/h10-12,14,17-19,23,26,32H,3-9,13,15-16H2,1-2H3,(H2,31,37)/t23-,26+,29?/m0/s1. The summed E-state index contributed by atoms with van der Waals surface area (Å²) in [7, 11) is 1.73. The molecule has 2 fully saturated rings. The van der Waals surface area contributed by atoms with E-state index in [2.05, 4.69) is 21.3 Å². The van der Waals surface area contributed by atoms with Gasteiger partial charge in [-0.2, -0.15) is 0 Å². The van der Waals surface area contributed by atoms with Crippen molar-refractivity contribution in [2.75, 3.05) is 25.0 Å². The number of benzene rings is 1. The summed E-state index contributed by atoms with van der Waals surface area (Å²) in [4.78, 5) is 35.7. The molecule has 1 saturated carbocycles. The highest BCUT2D eigenvalue weighted by Crippen LogP contribution is 2.42. The van der Waals surface area contributed by atoms with Crippen molar-refractivity contribution in [2.45, 2.75) is 69.9 Å². The molecule has 1 saturated heterocycles. The van der Waals surface area contributed by atoms with E-state index in [4.69, 9.17) is 5.73 Å². The third-order valence-electron chi connectivity index (χ3n) is 8.94. The Balaban J connectivity index is 1.44. The van der Waals surface area contributed by atoms with Crippen LogP contribution in [0.2, 0.25) is 0 Å². The van der Waals surface area contributed by atoms with Crippen molar-refractivity contribution in [1.82, 2.24) is 15.2 Å². The first-order chi connectivity index (χ1) is 17.8. The predicted octanol–water partition coefficient (Wildman–Crippen LogP) is 4.24. The molecular weight excluding hydrogens is 469 g/mol. The predicted molar refractivity (Wildman–Crippen MR) is 142 cm³/mol. The number of aromatic nitrogens is 1. The maximum Gasteiger partial charge on any atom is 0.238 e. The Labute approximate surface area is 218 Å². The fourth-order valence-corrected chi connectivity index (χ4v) is 6.77. The molecule has 0 spiro atoms. The van der Waals surface area contributed by atoms with E-state index >= 15 is 0 Å². The van der Waals surface area contributed by atoms with Gasteiger partial charge in [-0.3, -0.25) is 9.59 Å². The lowest BCUT2D eigenvalue weighted by Gasteiger charge is -2.43. The summed E-state index contributed by atoms with van der Waals surface area (Å²) in [6.45, 7) is 3.19. The summed E-state index contributed by atoms with van der Waals surface area (Å²) in [5.74, 6) is -0.252. The third-order valence-corrected chi connectivity index (χ3v) is 8.94. The first kappa shape index (κ1) is 25.6. The van der Waals surface area contributed by atoms with Crippen molar-refractivity contribution in [3.8, 4) is 0 Å². The van der Waals surface area contributed by atoms with Crippen LogP contribution >= 0.6 is 0 Å². The van der Waals surface area contributed by atoms with Crippen LogP contribution in [0.1, 0.15) is 69.0 Å². The van der Waals surface area contributed by atoms with Crippen LogP contribution in [0.5, 0.6) is 0 Å². The van der Waals surface area contributed by atoms with Crippen molar-refractivity contribution in [1.29, 1.82) is 0 Å². The molecule has 3 heterocycles. The van der Waals surface area contributed by atoms with Gasteiger partial charge < -0.3 is 20.9 Å². The summed E-state index contributed by atoms with van der Waals surface area (Å²) in [5, 5.41) is 3.13. The van der Waals surface area contributed by atoms with Gasteiger partial charge in [0.1, 0.15) is 17.2 Å². The molecule has 198 valence electrons. The normalized spacial score (nSPS) is 22.5. The molecule has 0 radical (unpaired) electrons. The van der Waals surface area contributed by atoms with Crippen LogP contribution in [0.3, 0.4) is 0 Å². The largest absolute Gasteiger partial charge is 0.368 e. The van der Waals surface area contributed by atoms with Gasteiger partial charge in [0.25, 0.3) is 0 Å². The van der Waals surface area contributed by atoms with Gasteiger partial charge in [0.15, 0.2) is 0 Å². The molecule has 8 heteroatoms. The van der Waals surface area contributed by atoms with Crippen molar-refractivity contribution in [3.05, 3.63) is 53.5 Å². The van der Waals surface area contributed by atoms with Crippen LogP contribution in [-0.4, -0.2) is 47.4 Å². The van der Waals surface area contributed by atoms with E-state index in [9.17, 15) is 14.0 Å². The molecule has 1 aromatic carbocycles. The smallest absolute Gasteiger partial charge is 0.238 e. The minimum Gasteiger partial charge on any atom is -0.368 e. The SMILES string of the molecule is CNC(C)(C(N)=O)[C@@H](C(=O)N1CCC[C@H]1c1ccnc(N2CCc3cc(F)ccc32)c1)C1CCCCC1. The number of carbonyl (C=O) groups is 2. The van der Waals surface area contributed by atoms with Crippen LogP contribution in [0.4, 0.5) is 15.9 Å². The number of amides is 2. The van der Waals surface area contributed by atoms with E-state index in [1.807, 2.05) is 17.0 Å². The number of likely N-dealkylation sites (N-methyl/N-ethyl adjacent to an activating group) is 1. The molecule has 1 aliphatic carbocycles. The molecular formula is C29H38FN5O2. The summed E-state index contributed by atoms with van der Waals surface area (Å²) in [5.41, 5.74) is 7.80. The summed E-state index contributed by atoms with van der Waals surface area (Å²) < 4.78 is 13.7. The Bertz CT molecular complexity index is 1170. The Morgan fingerprint density at radius 1 is 1.11 bits per heavy atom. The van der Waals surface area contributed by atoms with Gasteiger partial charge >= 0.3 is 0 Å². The van der Waals surface area contributed by atoms with Gasteiger partial charge in [-0.25, -0.2) is 9.37 Å². The number of hydrogen-bond acceptors (Lipinski definition) is 5. The minimum atomic E-state index is -1.11. The van der Waals surface area contributed by atoms with E-state index < -0.39 is 17.4 Å². The number of halogens is 1. The molecule has 1 unspecified atom stereocenters. The molecule has 7 nitrogen and oxygen atoms in total. The first-order valence-corrected chi connectivity index (χ1v) is 13.6. The van der Waals surface area contributed by atoms with Gasteiger partial charge in [0.05, 0.1) is 12.0 Å². The second kappa shape index (κ2) is 10.4. The van der Waals surface area contributed by atoms with Gasteiger partial charge in [0.2, 0.25) is 11.8 Å². The van der Waals surface area contributed by atoms with Crippen LogP contribution in [-0.2, 0) is 16.0 Å². The quantitative estimate of drug-likeness (QED) is 0.585. The number of carbonyl (C=O) groups excluding carboxylic acids is 2. The summed E-state index contributed by atoms with van der Waals surface area (Å²) in [6, 6.07) is 8.87. The average Bonchev–Trinajstić information content (AvgIpc) is 3.56. The van der Waals surface area contributed by atoms with E-state index in [0.29, 0.717) is 6.54 Å². The number of likely N-dealkylation sites (tertiary alicyclic amines) is 1. The molecule has 2 aromatic rings. The number of primary amides is 1. The number of nitrogens with one attached hydrogen (secondary N) is 1. The number of fused-ring (bicyclic) bond motifs is 1. The first-order valence-electron chi connectivity index (χ1n) is 13.6. The highest BCUT2D eigenvalue weighted by Gasteiger charge is 2.50. The zero-order chi connectivity index (χ0) is 26.2. The molecule has 5 rings (SSSR count). The zero-order valence-electron chi connectivity index (χ0n) is 21.9. The Morgan fingerprint density at radius 2 is 1.89 bits per heavy atom. The Kier molecular flexibility index (Phi) is 7.21. The highest BCUT2D eigenvalue weighted by molar-refractivity contribution is 5.93. The maximum absolute atomic E-state index is 14.3. The topological polar surface area (TPSA) is 91.6 Å². The molecule has 2 aliphatic heterocycles. The fraction of sp³-hybridized carbons (Fsp3) is 0.552. The third kappa shape index (κ3) is 4.72. The molecule has 0 bridgehead atoms. The van der Waals surface area contributed by atoms with E-state index in [0.717, 1.165) is 74.1 Å². The molecule has 37 heavy (non-hydrogen) atoms. The Morgan fingerprint density at radius 3 is 2.62 bits per heavy atom. The molecule has 1 aromatic heterocycles. The summed E-state index contributed by atoms with van der Waals surface area (Å²) >= 11 is 0. The fourth-order valence-electron chi connectivity index (χ4n) is 6.77. The number of hydrogen-bond donors (Lipinski definition) is 2. The van der Waals surface area contributed by atoms with Crippen LogP contribution in [0, 0.1) is 17.7 Å². The van der Waals surface area contributed by atoms with Crippen molar-refractivity contribution in [2.24, 2.45) is 17.6 Å². The number of nitrogens with zero attached hydrogens (tertiary/aromatic N) is 3. The second-order valence-electron chi connectivity index (χ2n) is 11.0. The average molecular weight is 508 g/mol. The van der Waals surface area contributed by atoms with E-state index in [1.165, 1.54) is 12.5 Å². The van der Waals surface area contributed by atoms with Crippen molar-refractivity contribution in [3.63, 3.8) is 0 Å². The van der Waals surface area contributed by atoms with Gasteiger partial charge in [0, 0.05) is 25.0 Å². The van der Waals surface area contributed by atoms with E-state index in [-0.39, 0.29) is 23.7 Å². The molecule has 2 amide bonds. The highest BCUT2D eigenvalue weighted by atomic mass is 19.1. The van der Waals surface area contributed by atoms with Crippen molar-refractivity contribution < 1.29 is 14.0 Å². The summed E-state index contributed by atoms with van der Waals surface area (Å²) in [6.07, 6.45) is 9.53. The maximum atomic E-state index is 14.3. The number of anilines is 2. The second-order valence-corrected chi connectivity index (χ2v) is 11.0. The van der Waals surface area contributed by atoms with Crippen LogP contribution < -0.4 is 16.0 Å². The van der Waals surface area contributed by atoms with Crippen molar-refractivity contribution >= 4 is 23.3 Å². The molecule has 3 N–H and O–H groups in total. The molecule has 3 aliphatic rings.